The van der Waals surface area contributed by atoms with Crippen molar-refractivity contribution in [1.82, 2.24) is 25.0 Å². The Morgan fingerprint density at radius 1 is 1.09 bits per heavy atom. The van der Waals surface area contributed by atoms with E-state index in [0.29, 0.717) is 32.8 Å². The van der Waals surface area contributed by atoms with Crippen LogP contribution in [0.3, 0.4) is 0 Å². The highest BCUT2D eigenvalue weighted by Gasteiger charge is 2.24. The van der Waals surface area contributed by atoms with Crippen LogP contribution in [0.25, 0.3) is 10.9 Å². The fourth-order valence-corrected chi connectivity index (χ4v) is 4.64. The zero-order valence-corrected chi connectivity index (χ0v) is 22.1. The van der Waals surface area contributed by atoms with E-state index in [1.54, 1.807) is 0 Å². The lowest BCUT2D eigenvalue weighted by Gasteiger charge is -2.37. The summed E-state index contributed by atoms with van der Waals surface area (Å²) in [5.74, 6) is 1.16. The number of nitrogens with zero attached hydrogens (tertiary/aromatic N) is 4. The lowest BCUT2D eigenvalue weighted by Crippen LogP contribution is -2.55. The smallest absolute Gasteiger partial charge is 0.236 e. The first-order valence-corrected chi connectivity index (χ1v) is 11.8. The van der Waals surface area contributed by atoms with E-state index < -0.39 is 0 Å². The van der Waals surface area contributed by atoms with Gasteiger partial charge >= 0.3 is 0 Å². The molecular weight excluding hydrogens is 531 g/mol. The van der Waals surface area contributed by atoms with E-state index in [9.17, 15) is 4.79 Å². The molecule has 9 heteroatoms. The summed E-state index contributed by atoms with van der Waals surface area (Å²) < 4.78 is 5.34. The second-order valence-electron chi connectivity index (χ2n) is 8.49. The van der Waals surface area contributed by atoms with E-state index in [1.807, 2.05) is 11.9 Å². The molecule has 2 aliphatic rings. The van der Waals surface area contributed by atoms with Gasteiger partial charge in [0.1, 0.15) is 0 Å². The average molecular weight is 569 g/mol. The molecule has 3 heterocycles. The zero-order chi connectivity index (χ0) is 22.3. The molecule has 2 aliphatic heterocycles. The number of carbonyl (C=O) groups excluding carboxylic acids is 1. The van der Waals surface area contributed by atoms with Gasteiger partial charge in [0.15, 0.2) is 5.96 Å². The Labute approximate surface area is 213 Å². The summed E-state index contributed by atoms with van der Waals surface area (Å²) in [5.41, 5.74) is 3.96. The molecule has 0 unspecified atom stereocenters. The molecule has 8 nitrogen and oxygen atoms in total. The molecule has 2 saturated heterocycles. The van der Waals surface area contributed by atoms with E-state index in [0.717, 1.165) is 51.5 Å². The molecule has 1 aromatic heterocycles. The Kier molecular flexibility index (Phi) is 9.81. The summed E-state index contributed by atoms with van der Waals surface area (Å²) in [4.78, 5) is 26.9. The largest absolute Gasteiger partial charge is 0.378 e. The number of ether oxygens (including phenoxy) is 1. The standard InChI is InChI=1S/C24H36N6O2.HI/c1-3-19-5-4-6-21-20(17-27-23(19)21)7-8-26-24(25-2)30-11-9-28(10-12-30)18-22(31)29-13-15-32-16-14-29;/h4-6,17,27H,3,7-16,18H2,1-2H3,(H,25,26);1H. The maximum absolute atomic E-state index is 12.5. The van der Waals surface area contributed by atoms with E-state index in [1.165, 1.54) is 22.0 Å². The fourth-order valence-electron chi connectivity index (χ4n) is 4.64. The van der Waals surface area contributed by atoms with Crippen LogP contribution in [-0.2, 0) is 22.4 Å². The van der Waals surface area contributed by atoms with Crippen molar-refractivity contribution in [2.24, 2.45) is 4.99 Å². The number of morpholine rings is 1. The highest BCUT2D eigenvalue weighted by atomic mass is 127. The average Bonchev–Trinajstić information content (AvgIpc) is 3.26. The van der Waals surface area contributed by atoms with E-state index in [-0.39, 0.29) is 29.9 Å². The first kappa shape index (κ1) is 25.8. The van der Waals surface area contributed by atoms with Gasteiger partial charge in [0.2, 0.25) is 5.91 Å². The summed E-state index contributed by atoms with van der Waals surface area (Å²) in [6.45, 7) is 9.77. The Morgan fingerprint density at radius 3 is 2.55 bits per heavy atom. The van der Waals surface area contributed by atoms with Gasteiger partial charge in [-0.3, -0.25) is 14.7 Å². The van der Waals surface area contributed by atoms with Gasteiger partial charge in [0.05, 0.1) is 19.8 Å². The molecule has 0 saturated carbocycles. The van der Waals surface area contributed by atoms with Crippen LogP contribution in [0.5, 0.6) is 0 Å². The van der Waals surface area contributed by atoms with Crippen LogP contribution in [0.15, 0.2) is 29.4 Å². The van der Waals surface area contributed by atoms with E-state index >= 15 is 0 Å². The summed E-state index contributed by atoms with van der Waals surface area (Å²) in [5, 5.41) is 4.85. The van der Waals surface area contributed by atoms with E-state index in [2.05, 4.69) is 56.4 Å². The monoisotopic (exact) mass is 568 g/mol. The Morgan fingerprint density at radius 2 is 1.85 bits per heavy atom. The summed E-state index contributed by atoms with van der Waals surface area (Å²) >= 11 is 0. The maximum Gasteiger partial charge on any atom is 0.236 e. The third-order valence-electron chi connectivity index (χ3n) is 6.55. The lowest BCUT2D eigenvalue weighted by atomic mass is 10.1. The Hall–Kier alpha value is -1.85. The number of nitrogens with one attached hydrogen (secondary N) is 2. The Balaban J connectivity index is 0.00000306. The molecule has 0 spiro atoms. The van der Waals surface area contributed by atoms with Gasteiger partial charge in [0.25, 0.3) is 0 Å². The minimum absolute atomic E-state index is 0. The molecule has 182 valence electrons. The predicted molar refractivity (Wildman–Crippen MR) is 144 cm³/mol. The summed E-state index contributed by atoms with van der Waals surface area (Å²) in [6.07, 6.45) is 4.12. The van der Waals surface area contributed by atoms with Crippen molar-refractivity contribution in [1.29, 1.82) is 0 Å². The van der Waals surface area contributed by atoms with Gasteiger partial charge in [-0.15, -0.1) is 24.0 Å². The fraction of sp³-hybridized carbons (Fsp3) is 0.583. The van der Waals surface area contributed by atoms with Gasteiger partial charge in [-0.05, 0) is 24.0 Å². The number of aromatic nitrogens is 1. The topological polar surface area (TPSA) is 76.2 Å². The lowest BCUT2D eigenvalue weighted by molar-refractivity contribution is -0.136. The number of carbonyl (C=O) groups is 1. The number of aryl methyl sites for hydroxylation is 1. The van der Waals surface area contributed by atoms with Crippen LogP contribution in [0.2, 0.25) is 0 Å². The highest BCUT2D eigenvalue weighted by molar-refractivity contribution is 14.0. The van der Waals surface area contributed by atoms with Crippen LogP contribution in [0, 0.1) is 0 Å². The molecule has 0 bridgehead atoms. The normalized spacial score (nSPS) is 17.8. The highest BCUT2D eigenvalue weighted by Crippen LogP contribution is 2.22. The number of H-pyrrole nitrogens is 1. The van der Waals surface area contributed by atoms with Crippen molar-refractivity contribution >= 4 is 46.7 Å². The van der Waals surface area contributed by atoms with Crippen molar-refractivity contribution in [2.75, 3.05) is 72.6 Å². The third-order valence-corrected chi connectivity index (χ3v) is 6.55. The number of benzene rings is 1. The zero-order valence-electron chi connectivity index (χ0n) is 19.8. The SMILES string of the molecule is CCc1cccc2c(CCNC(=NC)N3CCN(CC(=O)N4CCOCC4)CC3)c[nH]c12.I. The molecule has 0 radical (unpaired) electrons. The summed E-state index contributed by atoms with van der Waals surface area (Å²) in [6, 6.07) is 6.54. The Bertz CT molecular complexity index is 932. The van der Waals surface area contributed by atoms with Crippen LogP contribution in [0.4, 0.5) is 0 Å². The first-order valence-electron chi connectivity index (χ1n) is 11.8. The van der Waals surface area contributed by atoms with Crippen molar-refractivity contribution in [3.8, 4) is 0 Å². The molecule has 33 heavy (non-hydrogen) atoms. The number of fused-ring (bicyclic) bond motifs is 1. The second kappa shape index (κ2) is 12.6. The van der Waals surface area contributed by atoms with Crippen molar-refractivity contribution in [3.63, 3.8) is 0 Å². The van der Waals surface area contributed by atoms with Gasteiger partial charge in [0, 0.05) is 70.0 Å². The second-order valence-corrected chi connectivity index (χ2v) is 8.49. The number of amides is 1. The molecule has 2 fully saturated rings. The summed E-state index contributed by atoms with van der Waals surface area (Å²) in [7, 11) is 1.84. The number of hydrogen-bond acceptors (Lipinski definition) is 4. The quantitative estimate of drug-likeness (QED) is 0.317. The molecule has 1 aromatic carbocycles. The number of hydrogen-bond donors (Lipinski definition) is 2. The molecule has 2 N–H and O–H groups in total. The van der Waals surface area contributed by atoms with Gasteiger partial charge in [-0.2, -0.15) is 0 Å². The van der Waals surface area contributed by atoms with Crippen LogP contribution in [-0.4, -0.2) is 104 Å². The first-order chi connectivity index (χ1) is 15.7. The maximum atomic E-state index is 12.5. The van der Waals surface area contributed by atoms with E-state index in [4.69, 9.17) is 4.74 Å². The van der Waals surface area contributed by atoms with Gasteiger partial charge in [-0.25, -0.2) is 0 Å². The van der Waals surface area contributed by atoms with Crippen LogP contribution < -0.4 is 5.32 Å². The van der Waals surface area contributed by atoms with Crippen LogP contribution >= 0.6 is 24.0 Å². The molecule has 0 aliphatic carbocycles. The van der Waals surface area contributed by atoms with Crippen molar-refractivity contribution in [2.45, 2.75) is 19.8 Å². The molecule has 4 rings (SSSR count). The van der Waals surface area contributed by atoms with Crippen molar-refractivity contribution in [3.05, 3.63) is 35.5 Å². The molecule has 2 aromatic rings. The molecule has 1 amide bonds. The number of guanidine groups is 1. The number of rotatable bonds is 6. The van der Waals surface area contributed by atoms with Crippen molar-refractivity contribution < 1.29 is 9.53 Å². The molecule has 0 atom stereocenters. The number of piperazine rings is 1. The van der Waals surface area contributed by atoms with Gasteiger partial charge < -0.3 is 24.8 Å². The minimum Gasteiger partial charge on any atom is -0.378 e. The van der Waals surface area contributed by atoms with Gasteiger partial charge in [-0.1, -0.05) is 25.1 Å². The number of aromatic amines is 1. The third kappa shape index (κ3) is 6.39. The number of halogens is 1. The minimum atomic E-state index is 0. The predicted octanol–water partition coefficient (Wildman–Crippen LogP) is 1.94. The van der Waals surface area contributed by atoms with Crippen LogP contribution in [0.1, 0.15) is 18.1 Å². The number of aliphatic imine (C=N–C) groups is 1. The molecular formula is C24H37IN6O2. The number of para-hydroxylation sites is 1.